The van der Waals surface area contributed by atoms with Crippen LogP contribution in [-0.4, -0.2) is 27.6 Å². The average Bonchev–Trinajstić information content (AvgIpc) is 2.94. The molecule has 0 fully saturated rings. The van der Waals surface area contributed by atoms with E-state index in [1.165, 1.54) is 0 Å². The fourth-order valence-corrected chi connectivity index (χ4v) is 2.06. The van der Waals surface area contributed by atoms with Crippen LogP contribution in [0, 0.1) is 0 Å². The lowest BCUT2D eigenvalue weighted by atomic mass is 10.1. The largest absolute Gasteiger partial charge is 0.352 e. The summed E-state index contributed by atoms with van der Waals surface area (Å²) in [5.41, 5.74) is 1.01. The number of benzene rings is 1. The molecule has 0 aliphatic carbocycles. The van der Waals surface area contributed by atoms with Crippen LogP contribution in [0.25, 0.3) is 0 Å². The van der Waals surface area contributed by atoms with Crippen molar-refractivity contribution in [3.63, 3.8) is 0 Å². The van der Waals surface area contributed by atoms with E-state index in [1.807, 2.05) is 36.5 Å². The maximum absolute atomic E-state index is 11.6. The highest BCUT2D eigenvalue weighted by Crippen LogP contribution is 2.19. The Hall–Kier alpha value is -1.52. The Morgan fingerprint density at radius 1 is 1.40 bits per heavy atom. The van der Waals surface area contributed by atoms with E-state index >= 15 is 0 Å². The quantitative estimate of drug-likeness (QED) is 0.863. The van der Waals surface area contributed by atoms with E-state index < -0.39 is 5.38 Å². The number of hydrogen-bond donors (Lipinski definition) is 1. The summed E-state index contributed by atoms with van der Waals surface area (Å²) in [7, 11) is 0. The lowest BCUT2D eigenvalue weighted by molar-refractivity contribution is -0.120. The molecular formula is C14H15Cl2N3O. The third kappa shape index (κ3) is 3.74. The number of carbonyl (C=O) groups excluding carboxylic acids is 1. The number of rotatable bonds is 5. The predicted octanol–water partition coefficient (Wildman–Crippen LogP) is 2.87. The van der Waals surface area contributed by atoms with Gasteiger partial charge in [0.15, 0.2) is 0 Å². The molecule has 1 aromatic carbocycles. The molecule has 1 N–H and O–H groups in total. The fourth-order valence-electron chi connectivity index (χ4n) is 1.85. The van der Waals surface area contributed by atoms with Gasteiger partial charge >= 0.3 is 0 Å². The standard InChI is InChI=1S/C14H15Cl2N3O/c1-10(15)14(20)17-9-13(19-8-2-7-18-19)11-3-5-12(16)6-4-11/h2-8,10,13H,9H2,1H3,(H,17,20). The van der Waals surface area contributed by atoms with Crippen molar-refractivity contribution < 1.29 is 4.79 Å². The Labute approximate surface area is 127 Å². The molecule has 2 aromatic rings. The van der Waals surface area contributed by atoms with Crippen LogP contribution >= 0.6 is 23.2 Å². The molecule has 2 unspecified atom stereocenters. The molecule has 20 heavy (non-hydrogen) atoms. The molecule has 0 aliphatic rings. The molecule has 1 heterocycles. The Balaban J connectivity index is 2.18. The summed E-state index contributed by atoms with van der Waals surface area (Å²) >= 11 is 11.7. The smallest absolute Gasteiger partial charge is 0.237 e. The number of amides is 1. The molecule has 2 rings (SSSR count). The van der Waals surface area contributed by atoms with Gasteiger partial charge in [-0.05, 0) is 30.7 Å². The first-order valence-electron chi connectivity index (χ1n) is 6.24. The first-order valence-corrected chi connectivity index (χ1v) is 7.05. The molecule has 1 aromatic heterocycles. The van der Waals surface area contributed by atoms with Gasteiger partial charge in [-0.2, -0.15) is 5.10 Å². The average molecular weight is 312 g/mol. The molecule has 0 bridgehead atoms. The third-order valence-electron chi connectivity index (χ3n) is 2.93. The number of aromatic nitrogens is 2. The molecule has 0 saturated carbocycles. The number of nitrogens with one attached hydrogen (secondary N) is 1. The van der Waals surface area contributed by atoms with E-state index in [4.69, 9.17) is 23.2 Å². The van der Waals surface area contributed by atoms with Crippen molar-refractivity contribution >= 4 is 29.1 Å². The Bertz CT molecular complexity index is 552. The van der Waals surface area contributed by atoms with E-state index in [9.17, 15) is 4.79 Å². The summed E-state index contributed by atoms with van der Waals surface area (Å²) in [6.07, 6.45) is 3.56. The zero-order valence-electron chi connectivity index (χ0n) is 11.0. The Morgan fingerprint density at radius 3 is 2.65 bits per heavy atom. The van der Waals surface area contributed by atoms with Crippen LogP contribution in [0.2, 0.25) is 5.02 Å². The number of carbonyl (C=O) groups is 1. The first kappa shape index (κ1) is 14.9. The van der Waals surface area contributed by atoms with E-state index in [-0.39, 0.29) is 11.9 Å². The van der Waals surface area contributed by atoms with Crippen molar-refractivity contribution in [2.24, 2.45) is 0 Å². The van der Waals surface area contributed by atoms with Crippen LogP contribution in [0.3, 0.4) is 0 Å². The molecule has 106 valence electrons. The Morgan fingerprint density at radius 2 is 2.10 bits per heavy atom. The van der Waals surface area contributed by atoms with E-state index in [2.05, 4.69) is 10.4 Å². The van der Waals surface area contributed by atoms with Gasteiger partial charge in [0.25, 0.3) is 0 Å². The van der Waals surface area contributed by atoms with Crippen LogP contribution in [-0.2, 0) is 4.79 Å². The van der Waals surface area contributed by atoms with Gasteiger partial charge in [0.1, 0.15) is 5.38 Å². The van der Waals surface area contributed by atoms with E-state index in [0.29, 0.717) is 11.6 Å². The minimum absolute atomic E-state index is 0.0957. The van der Waals surface area contributed by atoms with Gasteiger partial charge in [0, 0.05) is 24.0 Å². The number of nitrogens with zero attached hydrogens (tertiary/aromatic N) is 2. The van der Waals surface area contributed by atoms with Gasteiger partial charge in [-0.1, -0.05) is 23.7 Å². The van der Waals surface area contributed by atoms with Crippen LogP contribution in [0.1, 0.15) is 18.5 Å². The minimum Gasteiger partial charge on any atom is -0.352 e. The SMILES string of the molecule is CC(Cl)C(=O)NCC(c1ccc(Cl)cc1)n1cccn1. The van der Waals surface area contributed by atoms with Crippen LogP contribution in [0.15, 0.2) is 42.7 Å². The van der Waals surface area contributed by atoms with Gasteiger partial charge in [-0.25, -0.2) is 0 Å². The lowest BCUT2D eigenvalue weighted by Crippen LogP contribution is -2.35. The Kier molecular flexibility index (Phi) is 5.04. The highest BCUT2D eigenvalue weighted by atomic mass is 35.5. The lowest BCUT2D eigenvalue weighted by Gasteiger charge is -2.19. The van der Waals surface area contributed by atoms with Gasteiger partial charge in [-0.15, -0.1) is 11.6 Å². The second kappa shape index (κ2) is 6.77. The zero-order chi connectivity index (χ0) is 14.5. The molecule has 0 radical (unpaired) electrons. The third-order valence-corrected chi connectivity index (χ3v) is 3.38. The monoisotopic (exact) mass is 311 g/mol. The number of halogens is 2. The summed E-state index contributed by atoms with van der Waals surface area (Å²) in [6.45, 7) is 2.06. The minimum atomic E-state index is -0.557. The number of hydrogen-bond acceptors (Lipinski definition) is 2. The summed E-state index contributed by atoms with van der Waals surface area (Å²) in [5.74, 6) is -0.196. The van der Waals surface area contributed by atoms with Gasteiger partial charge in [-0.3, -0.25) is 9.48 Å². The second-order valence-electron chi connectivity index (χ2n) is 4.41. The van der Waals surface area contributed by atoms with Crippen LogP contribution in [0.4, 0.5) is 0 Å². The molecular weight excluding hydrogens is 297 g/mol. The normalized spacial score (nSPS) is 13.8. The van der Waals surface area contributed by atoms with Gasteiger partial charge in [0.2, 0.25) is 5.91 Å². The van der Waals surface area contributed by atoms with E-state index in [0.717, 1.165) is 5.56 Å². The molecule has 4 nitrogen and oxygen atoms in total. The van der Waals surface area contributed by atoms with Crippen molar-refractivity contribution in [2.45, 2.75) is 18.3 Å². The van der Waals surface area contributed by atoms with Crippen molar-refractivity contribution in [3.05, 3.63) is 53.3 Å². The molecule has 1 amide bonds. The maximum atomic E-state index is 11.6. The van der Waals surface area contributed by atoms with Crippen LogP contribution < -0.4 is 5.32 Å². The summed E-state index contributed by atoms with van der Waals surface area (Å²) in [6, 6.07) is 9.23. The summed E-state index contributed by atoms with van der Waals surface area (Å²) < 4.78 is 1.79. The van der Waals surface area contributed by atoms with Gasteiger partial charge < -0.3 is 5.32 Å². The van der Waals surface area contributed by atoms with Crippen molar-refractivity contribution in [2.75, 3.05) is 6.54 Å². The maximum Gasteiger partial charge on any atom is 0.237 e. The topological polar surface area (TPSA) is 46.9 Å². The molecule has 0 saturated heterocycles. The van der Waals surface area contributed by atoms with Crippen LogP contribution in [0.5, 0.6) is 0 Å². The van der Waals surface area contributed by atoms with E-state index in [1.54, 1.807) is 17.8 Å². The second-order valence-corrected chi connectivity index (χ2v) is 5.51. The molecule has 0 aliphatic heterocycles. The van der Waals surface area contributed by atoms with Crippen molar-refractivity contribution in [3.8, 4) is 0 Å². The molecule has 0 spiro atoms. The van der Waals surface area contributed by atoms with Crippen molar-refractivity contribution in [1.82, 2.24) is 15.1 Å². The van der Waals surface area contributed by atoms with Gasteiger partial charge in [0.05, 0.1) is 6.04 Å². The predicted molar refractivity (Wildman–Crippen MR) is 80.1 cm³/mol. The zero-order valence-corrected chi connectivity index (χ0v) is 12.5. The molecule has 6 heteroatoms. The molecule has 2 atom stereocenters. The van der Waals surface area contributed by atoms with Crippen molar-refractivity contribution in [1.29, 1.82) is 0 Å². The summed E-state index contributed by atoms with van der Waals surface area (Å²) in [4.78, 5) is 11.6. The highest BCUT2D eigenvalue weighted by Gasteiger charge is 2.17. The number of alkyl halides is 1. The highest BCUT2D eigenvalue weighted by molar-refractivity contribution is 6.30. The first-order chi connectivity index (χ1) is 9.58. The summed E-state index contributed by atoms with van der Waals surface area (Å²) in [5, 5.41) is 7.17. The fraction of sp³-hybridized carbons (Fsp3) is 0.286.